The molecule has 1 atom stereocenters. The van der Waals surface area contributed by atoms with Crippen molar-refractivity contribution in [3.05, 3.63) is 47.8 Å². The molecule has 0 aromatic heterocycles. The monoisotopic (exact) mass is 258 g/mol. The lowest BCUT2D eigenvalue weighted by atomic mass is 10.0. The number of hydrogen-bond donors (Lipinski definition) is 1. The zero-order valence-electron chi connectivity index (χ0n) is 10.1. The highest BCUT2D eigenvalue weighted by Gasteiger charge is 2.18. The first-order chi connectivity index (χ1) is 8.57. The van der Waals surface area contributed by atoms with Crippen molar-refractivity contribution in [2.24, 2.45) is 0 Å². The Morgan fingerprint density at radius 2 is 1.83 bits per heavy atom. The van der Waals surface area contributed by atoms with Gasteiger partial charge in [0.25, 0.3) is 0 Å². The fraction of sp³-hybridized carbons (Fsp3) is 0.429. The van der Waals surface area contributed by atoms with Gasteiger partial charge >= 0.3 is 0 Å². The number of halogens is 3. The van der Waals surface area contributed by atoms with Gasteiger partial charge in [0.05, 0.1) is 6.10 Å². The molecule has 0 saturated carbocycles. The molecule has 0 radical (unpaired) electrons. The molecule has 0 heterocycles. The van der Waals surface area contributed by atoms with Crippen molar-refractivity contribution in [2.75, 3.05) is 0 Å². The van der Waals surface area contributed by atoms with E-state index >= 15 is 0 Å². The van der Waals surface area contributed by atoms with Crippen molar-refractivity contribution in [3.63, 3.8) is 0 Å². The summed E-state index contributed by atoms with van der Waals surface area (Å²) in [4.78, 5) is 0. The number of rotatable bonds is 7. The van der Waals surface area contributed by atoms with Gasteiger partial charge in [-0.25, -0.2) is 13.2 Å². The van der Waals surface area contributed by atoms with Crippen LogP contribution in [-0.2, 0) is 0 Å². The van der Waals surface area contributed by atoms with E-state index < -0.39 is 23.6 Å². The summed E-state index contributed by atoms with van der Waals surface area (Å²) in [5.74, 6) is -4.07. The first-order valence-electron chi connectivity index (χ1n) is 6.00. The first-order valence-corrected chi connectivity index (χ1v) is 6.00. The fourth-order valence-electron chi connectivity index (χ4n) is 1.76. The Morgan fingerprint density at radius 1 is 1.11 bits per heavy atom. The molecule has 0 aliphatic heterocycles. The Kier molecular flexibility index (Phi) is 5.92. The minimum absolute atomic E-state index is 0.183. The summed E-state index contributed by atoms with van der Waals surface area (Å²) in [6.07, 6.45) is 4.49. The van der Waals surface area contributed by atoms with E-state index in [4.69, 9.17) is 0 Å². The molecule has 0 bridgehead atoms. The number of aliphatic hydroxyl groups is 1. The molecular weight excluding hydrogens is 241 g/mol. The highest BCUT2D eigenvalue weighted by Crippen LogP contribution is 2.25. The summed E-state index contributed by atoms with van der Waals surface area (Å²) >= 11 is 0. The second kappa shape index (κ2) is 7.21. The fourth-order valence-corrected chi connectivity index (χ4v) is 1.76. The van der Waals surface area contributed by atoms with Crippen molar-refractivity contribution in [2.45, 2.75) is 38.2 Å². The van der Waals surface area contributed by atoms with Gasteiger partial charge in [0.1, 0.15) is 0 Å². The van der Waals surface area contributed by atoms with Crippen molar-refractivity contribution in [1.82, 2.24) is 0 Å². The third-order valence-corrected chi connectivity index (χ3v) is 2.81. The van der Waals surface area contributed by atoms with Crippen LogP contribution < -0.4 is 0 Å². The smallest absolute Gasteiger partial charge is 0.194 e. The van der Waals surface area contributed by atoms with Crippen LogP contribution in [0.3, 0.4) is 0 Å². The van der Waals surface area contributed by atoms with Gasteiger partial charge in [-0.05, 0) is 25.3 Å². The SMILES string of the molecule is C=CCCCCCC(O)c1ccc(F)c(F)c1F. The normalized spacial score (nSPS) is 12.4. The summed E-state index contributed by atoms with van der Waals surface area (Å²) in [6, 6.07) is 1.91. The van der Waals surface area contributed by atoms with Gasteiger partial charge in [-0.15, -0.1) is 6.58 Å². The van der Waals surface area contributed by atoms with Crippen molar-refractivity contribution < 1.29 is 18.3 Å². The molecule has 18 heavy (non-hydrogen) atoms. The van der Waals surface area contributed by atoms with Crippen molar-refractivity contribution in [3.8, 4) is 0 Å². The van der Waals surface area contributed by atoms with Crippen LogP contribution in [0.5, 0.6) is 0 Å². The number of allylic oxidation sites excluding steroid dienone is 1. The standard InChI is InChI=1S/C14H17F3O/c1-2-3-4-5-6-7-12(18)10-8-9-11(15)14(17)13(10)16/h2,8-9,12,18H,1,3-7H2. The van der Waals surface area contributed by atoms with Crippen LogP contribution in [0.25, 0.3) is 0 Å². The summed E-state index contributed by atoms with van der Waals surface area (Å²) in [7, 11) is 0. The van der Waals surface area contributed by atoms with E-state index in [0.29, 0.717) is 12.8 Å². The van der Waals surface area contributed by atoms with E-state index in [1.54, 1.807) is 0 Å². The Labute approximate surface area is 105 Å². The van der Waals surface area contributed by atoms with Gasteiger partial charge in [0.15, 0.2) is 17.5 Å². The molecule has 4 heteroatoms. The zero-order valence-corrected chi connectivity index (χ0v) is 10.1. The summed E-state index contributed by atoms with van der Waals surface area (Å²) in [6.45, 7) is 3.59. The van der Waals surface area contributed by atoms with E-state index in [9.17, 15) is 18.3 Å². The Hall–Kier alpha value is -1.29. The molecule has 0 saturated heterocycles. The summed E-state index contributed by atoms with van der Waals surface area (Å²) in [5, 5.41) is 9.72. The molecule has 1 unspecified atom stereocenters. The molecule has 0 amide bonds. The molecule has 0 spiro atoms. The highest BCUT2D eigenvalue weighted by molar-refractivity contribution is 5.22. The molecule has 1 rings (SSSR count). The highest BCUT2D eigenvalue weighted by atomic mass is 19.2. The predicted molar refractivity (Wildman–Crippen MR) is 64.6 cm³/mol. The first kappa shape index (κ1) is 14.8. The second-order valence-electron chi connectivity index (χ2n) is 4.21. The van der Waals surface area contributed by atoms with E-state index in [0.717, 1.165) is 31.4 Å². The topological polar surface area (TPSA) is 20.2 Å². The molecule has 1 nitrogen and oxygen atoms in total. The molecule has 0 fully saturated rings. The molecule has 1 aromatic carbocycles. The summed E-state index contributed by atoms with van der Waals surface area (Å²) < 4.78 is 39.0. The van der Waals surface area contributed by atoms with Gasteiger partial charge in [0.2, 0.25) is 0 Å². The maximum absolute atomic E-state index is 13.4. The molecule has 100 valence electrons. The number of aliphatic hydroxyl groups excluding tert-OH is 1. The lowest BCUT2D eigenvalue weighted by Gasteiger charge is -2.12. The number of benzene rings is 1. The number of hydrogen-bond acceptors (Lipinski definition) is 1. The minimum atomic E-state index is -1.53. The average Bonchev–Trinajstić information content (AvgIpc) is 2.35. The van der Waals surface area contributed by atoms with Crippen LogP contribution >= 0.6 is 0 Å². The van der Waals surface area contributed by atoms with E-state index in [-0.39, 0.29) is 5.56 Å². The Morgan fingerprint density at radius 3 is 2.50 bits per heavy atom. The van der Waals surface area contributed by atoms with Gasteiger partial charge in [-0.3, -0.25) is 0 Å². The van der Waals surface area contributed by atoms with E-state index in [1.807, 2.05) is 6.08 Å². The minimum Gasteiger partial charge on any atom is -0.388 e. The molecule has 0 aliphatic rings. The second-order valence-corrected chi connectivity index (χ2v) is 4.21. The van der Waals surface area contributed by atoms with Crippen molar-refractivity contribution >= 4 is 0 Å². The van der Waals surface area contributed by atoms with Gasteiger partial charge in [-0.2, -0.15) is 0 Å². The Balaban J connectivity index is 2.54. The van der Waals surface area contributed by atoms with E-state index in [2.05, 4.69) is 6.58 Å². The molecular formula is C14H17F3O. The van der Waals surface area contributed by atoms with Crippen molar-refractivity contribution in [1.29, 1.82) is 0 Å². The third-order valence-electron chi connectivity index (χ3n) is 2.81. The maximum atomic E-state index is 13.4. The van der Waals surface area contributed by atoms with Crippen LogP contribution in [-0.4, -0.2) is 5.11 Å². The molecule has 0 aliphatic carbocycles. The predicted octanol–water partition coefficient (Wildman–Crippen LogP) is 4.27. The lowest BCUT2D eigenvalue weighted by Crippen LogP contribution is -2.04. The van der Waals surface area contributed by atoms with E-state index in [1.165, 1.54) is 0 Å². The summed E-state index contributed by atoms with van der Waals surface area (Å²) in [5.41, 5.74) is -0.183. The van der Waals surface area contributed by atoms with Crippen LogP contribution in [0.1, 0.15) is 43.8 Å². The van der Waals surface area contributed by atoms with Crippen LogP contribution in [0.2, 0.25) is 0 Å². The maximum Gasteiger partial charge on any atom is 0.194 e. The van der Waals surface area contributed by atoms with Gasteiger partial charge in [0, 0.05) is 5.56 Å². The van der Waals surface area contributed by atoms with Crippen LogP contribution in [0.15, 0.2) is 24.8 Å². The average molecular weight is 258 g/mol. The zero-order chi connectivity index (χ0) is 13.5. The quantitative estimate of drug-likeness (QED) is 0.440. The lowest BCUT2D eigenvalue weighted by molar-refractivity contribution is 0.157. The largest absolute Gasteiger partial charge is 0.388 e. The third kappa shape index (κ3) is 3.88. The number of unbranched alkanes of at least 4 members (excludes halogenated alkanes) is 3. The van der Waals surface area contributed by atoms with Gasteiger partial charge in [-0.1, -0.05) is 25.0 Å². The van der Waals surface area contributed by atoms with Crippen LogP contribution in [0.4, 0.5) is 13.2 Å². The van der Waals surface area contributed by atoms with Gasteiger partial charge < -0.3 is 5.11 Å². The Bertz CT molecular complexity index is 404. The van der Waals surface area contributed by atoms with Crippen LogP contribution in [0, 0.1) is 17.5 Å². The molecule has 1 N–H and O–H groups in total. The molecule has 1 aromatic rings.